The Labute approximate surface area is 199 Å². The number of nitrogens with zero attached hydrogens (tertiary/aromatic N) is 4. The number of anilines is 1. The Morgan fingerprint density at radius 3 is 2.47 bits per heavy atom. The molecule has 4 rings (SSSR count). The minimum atomic E-state index is -0.138. The number of carbonyl (C=O) groups excluding carboxylic acids is 1. The van der Waals surface area contributed by atoms with Crippen molar-refractivity contribution in [1.82, 2.24) is 18.8 Å². The zero-order valence-corrected chi connectivity index (χ0v) is 20.6. The van der Waals surface area contributed by atoms with Crippen molar-refractivity contribution in [1.29, 1.82) is 0 Å². The number of likely N-dealkylation sites (N-methyl/N-ethyl adjacent to an activating group) is 1. The topological polar surface area (TPSA) is 53.4 Å². The number of imidazole rings is 1. The van der Waals surface area contributed by atoms with Crippen molar-refractivity contribution >= 4 is 45.5 Å². The van der Waals surface area contributed by atoms with Crippen LogP contribution in [0.15, 0.2) is 42.5 Å². The fraction of sp³-hybridized carbons (Fsp3) is 0.417. The number of rotatable bonds is 4. The molecule has 170 valence electrons. The van der Waals surface area contributed by atoms with Crippen molar-refractivity contribution in [3.05, 3.63) is 58.9 Å². The van der Waals surface area contributed by atoms with E-state index in [0.717, 1.165) is 43.0 Å². The zero-order chi connectivity index (χ0) is 22.9. The molecule has 0 saturated carbocycles. The van der Waals surface area contributed by atoms with Gasteiger partial charge in [0.2, 0.25) is 0 Å². The summed E-state index contributed by atoms with van der Waals surface area (Å²) < 4.78 is 4.32. The first-order valence-electron chi connectivity index (χ1n) is 10.9. The molecule has 0 aliphatic carbocycles. The van der Waals surface area contributed by atoms with Crippen LogP contribution in [0.2, 0.25) is 5.02 Å². The molecule has 32 heavy (non-hydrogen) atoms. The Hall–Kier alpha value is -2.06. The van der Waals surface area contributed by atoms with Gasteiger partial charge >= 0.3 is 0 Å². The molecule has 2 heterocycles. The lowest BCUT2D eigenvalue weighted by atomic mass is 9.95. The molecule has 1 fully saturated rings. The fourth-order valence-corrected chi connectivity index (χ4v) is 4.81. The van der Waals surface area contributed by atoms with Crippen LogP contribution < -0.4 is 5.32 Å². The second-order valence-electron chi connectivity index (χ2n) is 9.31. The fourth-order valence-electron chi connectivity index (χ4n) is 3.87. The van der Waals surface area contributed by atoms with Crippen molar-refractivity contribution in [2.75, 3.05) is 38.5 Å². The number of amides is 1. The Bertz CT molecular complexity index is 1100. The lowest BCUT2D eigenvalue weighted by Crippen LogP contribution is -2.41. The Balaban J connectivity index is 1.63. The molecule has 3 aromatic rings. The van der Waals surface area contributed by atoms with Crippen LogP contribution in [0.1, 0.15) is 32.2 Å². The second-order valence-corrected chi connectivity index (χ2v) is 10.8. The van der Waals surface area contributed by atoms with Gasteiger partial charge in [0.15, 0.2) is 0 Å². The minimum Gasteiger partial charge on any atom is -0.323 e. The van der Waals surface area contributed by atoms with Crippen molar-refractivity contribution in [2.45, 2.75) is 32.7 Å². The third-order valence-electron chi connectivity index (χ3n) is 5.60. The van der Waals surface area contributed by atoms with Gasteiger partial charge in [-0.15, -0.1) is 0 Å². The molecule has 1 aromatic heterocycles. The van der Waals surface area contributed by atoms with Crippen molar-refractivity contribution < 1.29 is 4.79 Å². The van der Waals surface area contributed by atoms with E-state index in [2.05, 4.69) is 59.0 Å². The molecule has 0 unspecified atom stereocenters. The summed E-state index contributed by atoms with van der Waals surface area (Å²) in [5.74, 6) is 0.989. The third kappa shape index (κ3) is 5.29. The molecule has 1 aliphatic rings. The molecule has 2 aromatic carbocycles. The first kappa shape index (κ1) is 23.1. The van der Waals surface area contributed by atoms with E-state index < -0.39 is 0 Å². The molecule has 1 aliphatic heterocycles. The van der Waals surface area contributed by atoms with Gasteiger partial charge in [-0.3, -0.25) is 4.79 Å². The van der Waals surface area contributed by atoms with Gasteiger partial charge in [-0.1, -0.05) is 62.7 Å². The van der Waals surface area contributed by atoms with Gasteiger partial charge < -0.3 is 14.8 Å². The first-order chi connectivity index (χ1) is 15.2. The normalized spacial score (nSPS) is 15.9. The quantitative estimate of drug-likeness (QED) is 0.512. The van der Waals surface area contributed by atoms with E-state index in [1.807, 2.05) is 30.3 Å². The highest BCUT2D eigenvalue weighted by molar-refractivity contribution is 8.11. The number of benzene rings is 2. The minimum absolute atomic E-state index is 0.124. The molecule has 1 amide bonds. The van der Waals surface area contributed by atoms with Crippen LogP contribution in [-0.4, -0.2) is 57.2 Å². The highest BCUT2D eigenvalue weighted by Crippen LogP contribution is 2.33. The number of piperazine rings is 1. The Morgan fingerprint density at radius 2 is 1.81 bits per heavy atom. The smallest absolute Gasteiger partial charge is 0.298 e. The molecule has 0 bridgehead atoms. The highest BCUT2D eigenvalue weighted by atomic mass is 35.5. The second kappa shape index (κ2) is 9.43. The maximum atomic E-state index is 12.7. The van der Waals surface area contributed by atoms with Crippen LogP contribution in [0.3, 0.4) is 0 Å². The molecule has 0 radical (unpaired) electrons. The summed E-state index contributed by atoms with van der Waals surface area (Å²) in [5.41, 5.74) is 3.47. The maximum Gasteiger partial charge on any atom is 0.298 e. The lowest BCUT2D eigenvalue weighted by molar-refractivity contribution is 0.232. The van der Waals surface area contributed by atoms with Gasteiger partial charge in [-0.2, -0.15) is 0 Å². The zero-order valence-electron chi connectivity index (χ0n) is 19.1. The third-order valence-corrected chi connectivity index (χ3v) is 6.81. The summed E-state index contributed by atoms with van der Waals surface area (Å²) in [6.45, 7) is 10.8. The maximum absolute atomic E-state index is 12.7. The number of hydrogen-bond donors (Lipinski definition) is 1. The summed E-state index contributed by atoms with van der Waals surface area (Å²) >= 11 is 7.78. The predicted molar refractivity (Wildman–Crippen MR) is 135 cm³/mol. The van der Waals surface area contributed by atoms with E-state index in [-0.39, 0.29) is 10.7 Å². The molecule has 6 nitrogen and oxygen atoms in total. The van der Waals surface area contributed by atoms with E-state index >= 15 is 0 Å². The molecule has 1 N–H and O–H groups in total. The Kier molecular flexibility index (Phi) is 6.81. The average Bonchev–Trinajstić information content (AvgIpc) is 3.08. The summed E-state index contributed by atoms with van der Waals surface area (Å²) in [4.78, 5) is 19.9. The Morgan fingerprint density at radius 1 is 1.12 bits per heavy atom. The largest absolute Gasteiger partial charge is 0.323 e. The van der Waals surface area contributed by atoms with E-state index in [1.165, 1.54) is 17.5 Å². The average molecular weight is 472 g/mol. The van der Waals surface area contributed by atoms with Crippen LogP contribution >= 0.6 is 23.5 Å². The number of nitrogens with one attached hydrogen (secondary N) is 1. The van der Waals surface area contributed by atoms with Crippen LogP contribution in [-0.2, 0) is 12.0 Å². The van der Waals surface area contributed by atoms with Gasteiger partial charge in [0.25, 0.3) is 5.24 Å². The van der Waals surface area contributed by atoms with Crippen LogP contribution in [0, 0.1) is 0 Å². The molecular weight excluding hydrogens is 442 g/mol. The summed E-state index contributed by atoms with van der Waals surface area (Å²) in [6.07, 6.45) is 0. The highest BCUT2D eigenvalue weighted by Gasteiger charge is 2.24. The number of carbonyl (C=O) groups is 1. The van der Waals surface area contributed by atoms with E-state index in [9.17, 15) is 4.79 Å². The molecule has 1 saturated heterocycles. The van der Waals surface area contributed by atoms with E-state index in [4.69, 9.17) is 16.6 Å². The van der Waals surface area contributed by atoms with Gasteiger partial charge in [-0.05, 0) is 24.7 Å². The van der Waals surface area contributed by atoms with E-state index in [0.29, 0.717) is 17.3 Å². The molecule has 8 heteroatoms. The number of aromatic nitrogens is 2. The van der Waals surface area contributed by atoms with Gasteiger partial charge in [0.1, 0.15) is 5.82 Å². The van der Waals surface area contributed by atoms with Crippen LogP contribution in [0.5, 0.6) is 0 Å². The lowest BCUT2D eigenvalue weighted by Gasteiger charge is -2.30. The van der Waals surface area contributed by atoms with Crippen molar-refractivity contribution in [3.63, 3.8) is 0 Å². The number of halogens is 1. The summed E-state index contributed by atoms with van der Waals surface area (Å²) in [5, 5.41) is 3.37. The molecule has 0 atom stereocenters. The summed E-state index contributed by atoms with van der Waals surface area (Å²) in [6, 6.07) is 14.1. The van der Waals surface area contributed by atoms with Crippen LogP contribution in [0.4, 0.5) is 10.5 Å². The number of hydrogen-bond acceptors (Lipinski definition) is 5. The first-order valence-corrected chi connectivity index (χ1v) is 12.0. The van der Waals surface area contributed by atoms with Gasteiger partial charge in [0.05, 0.1) is 21.7 Å². The van der Waals surface area contributed by atoms with E-state index in [1.54, 1.807) is 0 Å². The van der Waals surface area contributed by atoms with Crippen molar-refractivity contribution in [2.24, 2.45) is 0 Å². The van der Waals surface area contributed by atoms with Gasteiger partial charge in [-0.25, -0.2) is 9.29 Å². The standard InChI is InChI=1S/C24H30ClN5OS/c1-24(2,3)22-26-20-14-18(25)19(27-23(31)32-29-12-10-28(4)11-13-29)15-21(20)30(22)16-17-8-6-5-7-9-17/h5-9,14-15H,10-13,16H2,1-4H3,(H,27,31). The SMILES string of the molecule is CN1CCN(SC(=O)Nc2cc3c(cc2Cl)nc(C(C)(C)C)n3Cc2ccccc2)CC1. The predicted octanol–water partition coefficient (Wildman–Crippen LogP) is 5.46. The summed E-state index contributed by atoms with van der Waals surface area (Å²) in [7, 11) is 2.10. The van der Waals surface area contributed by atoms with Gasteiger partial charge in [0, 0.05) is 50.1 Å². The van der Waals surface area contributed by atoms with Crippen molar-refractivity contribution in [3.8, 4) is 0 Å². The molecular formula is C24H30ClN5OS. The van der Waals surface area contributed by atoms with Crippen LogP contribution in [0.25, 0.3) is 11.0 Å². The number of fused-ring (bicyclic) bond motifs is 1. The monoisotopic (exact) mass is 471 g/mol. The molecule has 0 spiro atoms.